The third kappa shape index (κ3) is 5.21. The van der Waals surface area contributed by atoms with Gasteiger partial charge in [-0.1, -0.05) is 29.4 Å². The number of anilines is 1. The summed E-state index contributed by atoms with van der Waals surface area (Å²) in [7, 11) is 1.93. The average Bonchev–Trinajstić information content (AvgIpc) is 3.41. The Labute approximate surface area is 180 Å². The molecule has 0 bridgehead atoms. The third-order valence-corrected chi connectivity index (χ3v) is 4.84. The number of aryl methyl sites for hydroxylation is 1. The largest absolute Gasteiger partial charge is 0.492 e. The molecule has 4 rings (SSSR count). The maximum Gasteiger partial charge on any atom is 0.298 e. The number of hydrogen-bond acceptors (Lipinski definition) is 8. The van der Waals surface area contributed by atoms with Crippen LogP contribution in [0.15, 0.2) is 57.5 Å². The third-order valence-electron chi connectivity index (χ3n) is 4.84. The molecule has 8 nitrogen and oxygen atoms in total. The highest BCUT2D eigenvalue weighted by molar-refractivity contribution is 5.74. The Morgan fingerprint density at radius 3 is 2.58 bits per heavy atom. The Morgan fingerprint density at radius 2 is 1.87 bits per heavy atom. The van der Waals surface area contributed by atoms with E-state index in [4.69, 9.17) is 18.4 Å². The molecule has 0 saturated heterocycles. The Hall–Kier alpha value is -3.39. The predicted octanol–water partition coefficient (Wildman–Crippen LogP) is 4.35. The minimum Gasteiger partial charge on any atom is -0.492 e. The number of para-hydroxylation sites is 2. The molecule has 0 aliphatic heterocycles. The fraction of sp³-hybridized carbons (Fsp3) is 0.348. The Bertz CT molecular complexity index is 1070. The second-order valence-corrected chi connectivity index (χ2v) is 7.21. The number of rotatable bonds is 10. The molecule has 0 spiro atoms. The van der Waals surface area contributed by atoms with Crippen molar-refractivity contribution in [3.05, 3.63) is 65.8 Å². The molecule has 2 heterocycles. The van der Waals surface area contributed by atoms with Gasteiger partial charge in [0.2, 0.25) is 0 Å². The quantitative estimate of drug-likeness (QED) is 0.373. The van der Waals surface area contributed by atoms with Crippen LogP contribution in [0.25, 0.3) is 11.1 Å². The molecular formula is C23H26N4O4. The molecule has 1 atom stereocenters. The first-order valence-corrected chi connectivity index (χ1v) is 10.3. The molecule has 4 aromatic rings. The van der Waals surface area contributed by atoms with Crippen molar-refractivity contribution < 1.29 is 18.4 Å². The average molecular weight is 422 g/mol. The molecule has 2 aromatic heterocycles. The Balaban J connectivity index is 1.29. The number of oxazole rings is 1. The number of likely N-dealkylation sites (N-methyl/N-ethyl adjacent to an activating group) is 1. The van der Waals surface area contributed by atoms with E-state index in [0.29, 0.717) is 43.9 Å². The summed E-state index contributed by atoms with van der Waals surface area (Å²) in [5.74, 6) is 1.91. The lowest BCUT2D eigenvalue weighted by atomic mass is 10.1. The van der Waals surface area contributed by atoms with Crippen LogP contribution in [0.5, 0.6) is 5.75 Å². The summed E-state index contributed by atoms with van der Waals surface area (Å²) in [4.78, 5) is 10.7. The van der Waals surface area contributed by atoms with Gasteiger partial charge >= 0.3 is 0 Å². The van der Waals surface area contributed by atoms with Gasteiger partial charge in [-0.3, -0.25) is 0 Å². The van der Waals surface area contributed by atoms with Crippen molar-refractivity contribution in [1.29, 1.82) is 0 Å². The number of aromatic nitrogens is 3. The van der Waals surface area contributed by atoms with E-state index in [0.717, 1.165) is 22.4 Å². The smallest absolute Gasteiger partial charge is 0.298 e. The molecule has 1 unspecified atom stereocenters. The van der Waals surface area contributed by atoms with E-state index >= 15 is 0 Å². The van der Waals surface area contributed by atoms with Gasteiger partial charge in [-0.2, -0.15) is 9.97 Å². The van der Waals surface area contributed by atoms with Gasteiger partial charge in [-0.25, -0.2) is 0 Å². The molecule has 31 heavy (non-hydrogen) atoms. The zero-order chi connectivity index (χ0) is 21.6. The van der Waals surface area contributed by atoms with Crippen molar-refractivity contribution in [3.8, 4) is 5.75 Å². The van der Waals surface area contributed by atoms with Gasteiger partial charge in [0, 0.05) is 20.1 Å². The number of nitrogens with zero attached hydrogens (tertiary/aromatic N) is 4. The van der Waals surface area contributed by atoms with Gasteiger partial charge in [-0.05, 0) is 43.7 Å². The molecule has 162 valence electrons. The predicted molar refractivity (Wildman–Crippen MR) is 116 cm³/mol. The van der Waals surface area contributed by atoms with E-state index in [1.54, 1.807) is 6.92 Å². The summed E-state index contributed by atoms with van der Waals surface area (Å²) in [6.07, 6.45) is 0.388. The zero-order valence-electron chi connectivity index (χ0n) is 17.9. The SMILES string of the molecule is CCOC(Cc1ccc(OCCN(C)c2nc3ccccc3o2)cc1)c1nc(C)no1. The number of fused-ring (bicyclic) bond motifs is 1. The lowest BCUT2D eigenvalue weighted by Crippen LogP contribution is -2.23. The molecule has 0 saturated carbocycles. The zero-order valence-corrected chi connectivity index (χ0v) is 17.9. The van der Waals surface area contributed by atoms with Crippen LogP contribution in [0.4, 0.5) is 6.01 Å². The molecule has 0 amide bonds. The van der Waals surface area contributed by atoms with Crippen LogP contribution in [-0.2, 0) is 11.2 Å². The highest BCUT2D eigenvalue weighted by Crippen LogP contribution is 2.23. The molecule has 0 aliphatic rings. The van der Waals surface area contributed by atoms with Crippen molar-refractivity contribution in [2.24, 2.45) is 0 Å². The minimum absolute atomic E-state index is 0.261. The molecular weight excluding hydrogens is 396 g/mol. The van der Waals surface area contributed by atoms with Gasteiger partial charge < -0.3 is 23.3 Å². The van der Waals surface area contributed by atoms with Crippen LogP contribution in [-0.4, -0.2) is 41.9 Å². The first-order chi connectivity index (χ1) is 15.1. The fourth-order valence-corrected chi connectivity index (χ4v) is 3.22. The van der Waals surface area contributed by atoms with Crippen LogP contribution in [0.1, 0.15) is 30.3 Å². The second kappa shape index (κ2) is 9.61. The van der Waals surface area contributed by atoms with E-state index in [1.165, 1.54) is 0 Å². The molecule has 2 aromatic carbocycles. The van der Waals surface area contributed by atoms with Crippen molar-refractivity contribution >= 4 is 17.1 Å². The fourth-order valence-electron chi connectivity index (χ4n) is 3.22. The number of benzene rings is 2. The van der Waals surface area contributed by atoms with Crippen molar-refractivity contribution in [1.82, 2.24) is 15.1 Å². The van der Waals surface area contributed by atoms with Gasteiger partial charge in [0.05, 0.1) is 6.54 Å². The van der Waals surface area contributed by atoms with Gasteiger partial charge in [-0.15, -0.1) is 0 Å². The summed E-state index contributed by atoms with van der Waals surface area (Å²) in [5.41, 5.74) is 2.73. The topological polar surface area (TPSA) is 86.7 Å². The Morgan fingerprint density at radius 1 is 1.06 bits per heavy atom. The second-order valence-electron chi connectivity index (χ2n) is 7.21. The maximum atomic E-state index is 5.88. The summed E-state index contributed by atoms with van der Waals surface area (Å²) < 4.78 is 22.7. The van der Waals surface area contributed by atoms with Crippen LogP contribution in [0.3, 0.4) is 0 Å². The van der Waals surface area contributed by atoms with Gasteiger partial charge in [0.25, 0.3) is 11.9 Å². The van der Waals surface area contributed by atoms with Crippen molar-refractivity contribution in [2.75, 3.05) is 31.7 Å². The van der Waals surface area contributed by atoms with Gasteiger partial charge in [0.15, 0.2) is 11.4 Å². The van der Waals surface area contributed by atoms with E-state index in [1.807, 2.05) is 67.4 Å². The molecule has 0 fully saturated rings. The van der Waals surface area contributed by atoms with E-state index in [9.17, 15) is 0 Å². The van der Waals surface area contributed by atoms with Crippen LogP contribution in [0.2, 0.25) is 0 Å². The van der Waals surface area contributed by atoms with Crippen molar-refractivity contribution in [3.63, 3.8) is 0 Å². The molecule has 0 N–H and O–H groups in total. The number of ether oxygens (including phenoxy) is 2. The van der Waals surface area contributed by atoms with Crippen LogP contribution in [0, 0.1) is 6.92 Å². The summed E-state index contributed by atoms with van der Waals surface area (Å²) in [5, 5.41) is 3.86. The molecule has 0 radical (unpaired) electrons. The maximum absolute atomic E-state index is 5.88. The summed E-state index contributed by atoms with van der Waals surface area (Å²) in [6, 6.07) is 16.3. The minimum atomic E-state index is -0.261. The highest BCUT2D eigenvalue weighted by atomic mass is 16.5. The van der Waals surface area contributed by atoms with E-state index in [2.05, 4.69) is 15.1 Å². The van der Waals surface area contributed by atoms with E-state index in [-0.39, 0.29) is 6.10 Å². The molecule has 0 aliphatic carbocycles. The van der Waals surface area contributed by atoms with E-state index < -0.39 is 0 Å². The molecule has 8 heteroatoms. The monoisotopic (exact) mass is 422 g/mol. The lowest BCUT2D eigenvalue weighted by Gasteiger charge is -2.15. The van der Waals surface area contributed by atoms with Crippen LogP contribution < -0.4 is 9.64 Å². The van der Waals surface area contributed by atoms with Gasteiger partial charge in [0.1, 0.15) is 24.0 Å². The summed E-state index contributed by atoms with van der Waals surface area (Å²) in [6.45, 7) is 5.48. The first-order valence-electron chi connectivity index (χ1n) is 10.3. The lowest BCUT2D eigenvalue weighted by molar-refractivity contribution is 0.0388. The number of hydrogen-bond donors (Lipinski definition) is 0. The standard InChI is InChI=1S/C23H26N4O4/c1-4-28-21(22-24-16(2)26-31-22)15-17-9-11-18(12-10-17)29-14-13-27(3)23-25-19-7-5-6-8-20(19)30-23/h5-12,21H,4,13-15H2,1-3H3. The Kier molecular flexibility index (Phi) is 6.47. The van der Waals surface area contributed by atoms with Crippen molar-refractivity contribution in [2.45, 2.75) is 26.4 Å². The first kappa shape index (κ1) is 20.9. The van der Waals surface area contributed by atoms with Crippen LogP contribution >= 0.6 is 0 Å². The summed E-state index contributed by atoms with van der Waals surface area (Å²) >= 11 is 0. The normalized spacial score (nSPS) is 12.2. The highest BCUT2D eigenvalue weighted by Gasteiger charge is 2.19.